The molecule has 0 radical (unpaired) electrons. The molecule has 0 saturated carbocycles. The number of benzene rings is 1. The van der Waals surface area contributed by atoms with Gasteiger partial charge < -0.3 is 20.1 Å². The molecule has 1 aromatic carbocycles. The van der Waals surface area contributed by atoms with Crippen LogP contribution in [0.1, 0.15) is 31.0 Å². The summed E-state index contributed by atoms with van der Waals surface area (Å²) in [5.41, 5.74) is 3.31. The molecular formula is C19H28IN5O2. The van der Waals surface area contributed by atoms with Gasteiger partial charge >= 0.3 is 0 Å². The first-order chi connectivity index (χ1) is 12.8. The lowest BCUT2D eigenvalue weighted by Gasteiger charge is -2.13. The zero-order valence-corrected chi connectivity index (χ0v) is 18.2. The van der Waals surface area contributed by atoms with E-state index in [4.69, 9.17) is 9.47 Å². The molecule has 2 heterocycles. The van der Waals surface area contributed by atoms with E-state index in [0.717, 1.165) is 61.2 Å². The van der Waals surface area contributed by atoms with Crippen LogP contribution in [0, 0.1) is 6.92 Å². The zero-order valence-electron chi connectivity index (χ0n) is 15.9. The second kappa shape index (κ2) is 11.0. The fourth-order valence-electron chi connectivity index (χ4n) is 2.77. The molecule has 7 nitrogen and oxygen atoms in total. The van der Waals surface area contributed by atoms with Crippen molar-refractivity contribution in [1.82, 2.24) is 15.5 Å². The van der Waals surface area contributed by atoms with Crippen LogP contribution in [0.2, 0.25) is 0 Å². The first-order valence-electron chi connectivity index (χ1n) is 9.20. The Kier molecular flexibility index (Phi) is 8.70. The fraction of sp³-hybridized carbons (Fsp3) is 0.474. The minimum absolute atomic E-state index is 0. The standard InChI is InChI=1S/C19H27N5O2.HI/c1-3-20-19(21-9-4-6-15-13-22-24-14(15)2)23-16-7-8-17-18(12-16)26-11-5-10-25-17;/h7-8,12-13H,3-6,9-11H2,1-2H3,(H,22,24)(H2,20,21,23);1H. The molecule has 148 valence electrons. The van der Waals surface area contributed by atoms with Crippen molar-refractivity contribution >= 4 is 35.6 Å². The number of nitrogens with one attached hydrogen (secondary N) is 3. The number of nitrogens with zero attached hydrogens (tertiary/aromatic N) is 2. The number of guanidine groups is 1. The van der Waals surface area contributed by atoms with Crippen LogP contribution in [0.15, 0.2) is 29.4 Å². The summed E-state index contributed by atoms with van der Waals surface area (Å²) >= 11 is 0. The highest BCUT2D eigenvalue weighted by molar-refractivity contribution is 14.0. The third kappa shape index (κ3) is 6.30. The predicted molar refractivity (Wildman–Crippen MR) is 119 cm³/mol. The lowest BCUT2D eigenvalue weighted by atomic mass is 10.1. The highest BCUT2D eigenvalue weighted by atomic mass is 127. The van der Waals surface area contributed by atoms with Gasteiger partial charge in [-0.2, -0.15) is 5.10 Å². The number of fused-ring (bicyclic) bond motifs is 1. The number of ether oxygens (including phenoxy) is 2. The van der Waals surface area contributed by atoms with E-state index in [2.05, 4.69) is 32.7 Å². The second-order valence-electron chi connectivity index (χ2n) is 6.22. The van der Waals surface area contributed by atoms with Crippen LogP contribution >= 0.6 is 24.0 Å². The molecule has 1 aliphatic heterocycles. The number of halogens is 1. The Balaban J connectivity index is 0.00000261. The number of aromatic nitrogens is 2. The van der Waals surface area contributed by atoms with Crippen LogP contribution in [-0.4, -0.2) is 42.5 Å². The average Bonchev–Trinajstić information content (AvgIpc) is 2.90. The molecule has 3 N–H and O–H groups in total. The molecule has 0 amide bonds. The van der Waals surface area contributed by atoms with Gasteiger partial charge in [0.05, 0.1) is 19.4 Å². The summed E-state index contributed by atoms with van der Waals surface area (Å²) in [6, 6.07) is 5.88. The molecule has 0 bridgehead atoms. The molecule has 27 heavy (non-hydrogen) atoms. The Bertz CT molecular complexity index is 747. The van der Waals surface area contributed by atoms with Crippen molar-refractivity contribution in [2.24, 2.45) is 4.99 Å². The smallest absolute Gasteiger partial charge is 0.195 e. The normalized spacial score (nSPS) is 13.5. The van der Waals surface area contributed by atoms with Gasteiger partial charge in [0, 0.05) is 37.0 Å². The van der Waals surface area contributed by atoms with Crippen LogP contribution < -0.4 is 20.1 Å². The van der Waals surface area contributed by atoms with Crippen LogP contribution in [0.4, 0.5) is 5.69 Å². The Morgan fingerprint density at radius 1 is 1.26 bits per heavy atom. The van der Waals surface area contributed by atoms with Gasteiger partial charge in [-0.3, -0.25) is 10.1 Å². The number of rotatable bonds is 6. The average molecular weight is 485 g/mol. The number of aromatic amines is 1. The Hall–Kier alpha value is -1.97. The van der Waals surface area contributed by atoms with E-state index < -0.39 is 0 Å². The van der Waals surface area contributed by atoms with Gasteiger partial charge in [0.25, 0.3) is 0 Å². The molecule has 1 aromatic heterocycles. The van der Waals surface area contributed by atoms with Crippen molar-refractivity contribution in [1.29, 1.82) is 0 Å². The van der Waals surface area contributed by atoms with E-state index in [1.165, 1.54) is 5.56 Å². The molecule has 2 aromatic rings. The fourth-order valence-corrected chi connectivity index (χ4v) is 2.77. The molecule has 0 fully saturated rings. The van der Waals surface area contributed by atoms with Gasteiger partial charge in [0.2, 0.25) is 0 Å². The van der Waals surface area contributed by atoms with E-state index in [-0.39, 0.29) is 24.0 Å². The van der Waals surface area contributed by atoms with Crippen molar-refractivity contribution in [2.75, 3.05) is 31.6 Å². The molecule has 8 heteroatoms. The van der Waals surface area contributed by atoms with Crippen LogP contribution in [-0.2, 0) is 6.42 Å². The van der Waals surface area contributed by atoms with Gasteiger partial charge in [0.15, 0.2) is 17.5 Å². The van der Waals surface area contributed by atoms with E-state index in [9.17, 15) is 0 Å². The topological polar surface area (TPSA) is 83.6 Å². The lowest BCUT2D eigenvalue weighted by molar-refractivity contribution is 0.297. The van der Waals surface area contributed by atoms with Crippen molar-refractivity contribution < 1.29 is 9.47 Å². The SMILES string of the molecule is CCNC(=NCCCc1cn[nH]c1C)Nc1ccc2c(c1)OCCCO2.I. The van der Waals surface area contributed by atoms with Gasteiger partial charge in [-0.05, 0) is 44.4 Å². The quantitative estimate of drug-likeness (QED) is 0.253. The number of aliphatic imine (C=N–C) groups is 1. The first kappa shape index (κ1) is 21.3. The zero-order chi connectivity index (χ0) is 18.2. The Morgan fingerprint density at radius 3 is 2.81 bits per heavy atom. The molecule has 0 saturated heterocycles. The summed E-state index contributed by atoms with van der Waals surface area (Å²) in [4.78, 5) is 4.66. The van der Waals surface area contributed by atoms with Crippen LogP contribution in [0.25, 0.3) is 0 Å². The van der Waals surface area contributed by atoms with Gasteiger partial charge in [-0.25, -0.2) is 0 Å². The van der Waals surface area contributed by atoms with Crippen molar-refractivity contribution in [3.8, 4) is 11.5 Å². The highest BCUT2D eigenvalue weighted by Gasteiger charge is 2.11. The third-order valence-electron chi connectivity index (χ3n) is 4.16. The largest absolute Gasteiger partial charge is 0.490 e. The number of anilines is 1. The monoisotopic (exact) mass is 485 g/mol. The summed E-state index contributed by atoms with van der Waals surface area (Å²) in [5, 5.41) is 13.6. The molecular weight excluding hydrogens is 457 g/mol. The van der Waals surface area contributed by atoms with Crippen molar-refractivity contribution in [3.63, 3.8) is 0 Å². The molecule has 3 rings (SSSR count). The molecule has 0 unspecified atom stereocenters. The maximum absolute atomic E-state index is 5.75. The second-order valence-corrected chi connectivity index (χ2v) is 6.22. The van der Waals surface area contributed by atoms with Crippen LogP contribution in [0.5, 0.6) is 11.5 Å². The Morgan fingerprint density at radius 2 is 2.07 bits per heavy atom. The molecule has 0 atom stereocenters. The first-order valence-corrected chi connectivity index (χ1v) is 9.20. The summed E-state index contributed by atoms with van der Waals surface area (Å²) in [6.45, 7) is 7.02. The number of hydrogen-bond acceptors (Lipinski definition) is 4. The minimum atomic E-state index is 0. The highest BCUT2D eigenvalue weighted by Crippen LogP contribution is 2.32. The van der Waals surface area contributed by atoms with Crippen molar-refractivity contribution in [2.45, 2.75) is 33.1 Å². The maximum Gasteiger partial charge on any atom is 0.195 e. The van der Waals surface area contributed by atoms with Crippen LogP contribution in [0.3, 0.4) is 0 Å². The predicted octanol–water partition coefficient (Wildman–Crippen LogP) is 3.51. The summed E-state index contributed by atoms with van der Waals surface area (Å²) < 4.78 is 11.4. The number of aryl methyl sites for hydroxylation is 2. The van der Waals surface area contributed by atoms with Gasteiger partial charge in [-0.1, -0.05) is 0 Å². The Labute approximate surface area is 177 Å². The van der Waals surface area contributed by atoms with Gasteiger partial charge in [0.1, 0.15) is 0 Å². The number of hydrogen-bond donors (Lipinski definition) is 3. The third-order valence-corrected chi connectivity index (χ3v) is 4.16. The van der Waals surface area contributed by atoms with E-state index in [0.29, 0.717) is 13.2 Å². The molecule has 1 aliphatic rings. The summed E-state index contributed by atoms with van der Waals surface area (Å²) in [7, 11) is 0. The van der Waals surface area contributed by atoms with E-state index >= 15 is 0 Å². The van der Waals surface area contributed by atoms with E-state index in [1.807, 2.05) is 31.3 Å². The van der Waals surface area contributed by atoms with Crippen molar-refractivity contribution in [3.05, 3.63) is 35.7 Å². The summed E-state index contributed by atoms with van der Waals surface area (Å²) in [5.74, 6) is 2.34. The minimum Gasteiger partial charge on any atom is -0.490 e. The van der Waals surface area contributed by atoms with Gasteiger partial charge in [-0.15, -0.1) is 24.0 Å². The van der Waals surface area contributed by atoms with E-state index in [1.54, 1.807) is 0 Å². The summed E-state index contributed by atoms with van der Waals surface area (Å²) in [6.07, 6.45) is 4.73. The maximum atomic E-state index is 5.75. The molecule has 0 spiro atoms. The lowest BCUT2D eigenvalue weighted by Crippen LogP contribution is -2.30. The number of H-pyrrole nitrogens is 1. The molecule has 0 aliphatic carbocycles.